The number of hydrogen-bond acceptors (Lipinski definition) is 2. The summed E-state index contributed by atoms with van der Waals surface area (Å²) >= 11 is 0. The first-order valence-corrected chi connectivity index (χ1v) is 21.3. The van der Waals surface area contributed by atoms with Crippen molar-refractivity contribution in [2.45, 2.75) is 19.3 Å². The van der Waals surface area contributed by atoms with Crippen molar-refractivity contribution in [3.05, 3.63) is 211 Å². The van der Waals surface area contributed by atoms with E-state index in [9.17, 15) is 0 Å². The highest BCUT2D eigenvalue weighted by Crippen LogP contribution is 2.52. The zero-order chi connectivity index (χ0) is 40.4. The van der Waals surface area contributed by atoms with E-state index in [2.05, 4.69) is 219 Å². The Labute approximate surface area is 353 Å². The van der Waals surface area contributed by atoms with Gasteiger partial charge in [-0.25, -0.2) is 0 Å². The Balaban J connectivity index is 1.07. The fraction of sp³-hybridized carbons (Fsp3) is 0.0508. The summed E-state index contributed by atoms with van der Waals surface area (Å²) in [5, 5.41) is 14.6. The van der Waals surface area contributed by atoms with Crippen LogP contribution in [-0.2, 0) is 5.41 Å². The van der Waals surface area contributed by atoms with Gasteiger partial charge in [0, 0.05) is 44.9 Å². The Kier molecular flexibility index (Phi) is 7.10. The molecule has 0 fully saturated rings. The molecule has 61 heavy (non-hydrogen) atoms. The molecule has 2 nitrogen and oxygen atoms in total. The molecule has 1 aliphatic rings. The number of nitrogens with zero attached hydrogens (tertiary/aromatic N) is 1. The van der Waals surface area contributed by atoms with Gasteiger partial charge >= 0.3 is 0 Å². The summed E-state index contributed by atoms with van der Waals surface area (Å²) in [5.74, 6) is 0. The van der Waals surface area contributed by atoms with Gasteiger partial charge in [-0.05, 0) is 124 Å². The monoisotopic (exact) mass is 777 g/mol. The van der Waals surface area contributed by atoms with Crippen molar-refractivity contribution >= 4 is 92.9 Å². The first-order chi connectivity index (χ1) is 30.0. The number of rotatable bonds is 4. The second-order valence-electron chi connectivity index (χ2n) is 17.2. The summed E-state index contributed by atoms with van der Waals surface area (Å²) in [6.07, 6.45) is 0. The van der Waals surface area contributed by atoms with E-state index in [4.69, 9.17) is 4.42 Å². The van der Waals surface area contributed by atoms with Crippen LogP contribution in [0.15, 0.2) is 205 Å². The smallest absolute Gasteiger partial charge is 0.143 e. The quantitative estimate of drug-likeness (QED) is 0.166. The molecule has 0 spiro atoms. The summed E-state index contributed by atoms with van der Waals surface area (Å²) in [5.41, 5.74) is 12.5. The van der Waals surface area contributed by atoms with E-state index in [-0.39, 0.29) is 5.41 Å². The van der Waals surface area contributed by atoms with Crippen LogP contribution < -0.4 is 4.90 Å². The number of fused-ring (bicyclic) bond motifs is 14. The van der Waals surface area contributed by atoms with Gasteiger partial charge in [0.25, 0.3) is 0 Å². The van der Waals surface area contributed by atoms with E-state index in [1.54, 1.807) is 0 Å². The van der Waals surface area contributed by atoms with Crippen molar-refractivity contribution < 1.29 is 4.42 Å². The molecule has 2 heteroatoms. The SMILES string of the molecule is CC1(C)c2ccccc2-c2ccc(N(c3ccc4c(c3)oc3c(-c5cccc6ccccc56)c5ccccc5cc34)c3ccc4c5ccccc5c5ccccc5c4c3)cc21. The van der Waals surface area contributed by atoms with E-state index in [1.165, 1.54) is 81.7 Å². The molecule has 0 unspecified atom stereocenters. The zero-order valence-corrected chi connectivity index (χ0v) is 33.9. The van der Waals surface area contributed by atoms with Gasteiger partial charge in [-0.3, -0.25) is 0 Å². The van der Waals surface area contributed by atoms with E-state index < -0.39 is 0 Å². The third-order valence-electron chi connectivity index (χ3n) is 13.6. The molecule has 1 heterocycles. The molecule has 0 N–H and O–H groups in total. The first-order valence-electron chi connectivity index (χ1n) is 21.3. The Morgan fingerprint density at radius 1 is 0.344 bits per heavy atom. The molecule has 0 saturated carbocycles. The Bertz CT molecular complexity index is 3770. The lowest BCUT2D eigenvalue weighted by Gasteiger charge is -2.28. The lowest BCUT2D eigenvalue weighted by Crippen LogP contribution is -2.16. The van der Waals surface area contributed by atoms with Gasteiger partial charge in [-0.15, -0.1) is 0 Å². The molecule has 1 aliphatic carbocycles. The van der Waals surface area contributed by atoms with E-state index >= 15 is 0 Å². The lowest BCUT2D eigenvalue weighted by molar-refractivity contribution is 0.660. The normalized spacial score (nSPS) is 13.2. The van der Waals surface area contributed by atoms with Gasteiger partial charge in [0.1, 0.15) is 11.2 Å². The minimum atomic E-state index is -0.144. The molecule has 0 aliphatic heterocycles. The standard InChI is InChI=1S/C59H39NO/c1-59(2)54-25-12-11-23-48(54)49-30-27-39(34-55(49)59)60(38-26-29-47-45-21-8-7-19-43(45)44-20-9-10-22-46(44)52(47)33-38)40-28-31-50-53-32-37-15-4-6-18-42(37)57(58(53)61-56(50)35-40)51-24-13-16-36-14-3-5-17-41(36)51/h3-35H,1-2H3. The van der Waals surface area contributed by atoms with Crippen LogP contribution in [0, 0.1) is 0 Å². The minimum Gasteiger partial charge on any atom is -0.455 e. The van der Waals surface area contributed by atoms with Crippen LogP contribution in [0.25, 0.3) is 98.1 Å². The molecule has 12 aromatic rings. The molecule has 0 amide bonds. The highest BCUT2D eigenvalue weighted by atomic mass is 16.3. The van der Waals surface area contributed by atoms with Gasteiger partial charge in [-0.1, -0.05) is 166 Å². The van der Waals surface area contributed by atoms with Gasteiger partial charge in [0.05, 0.1) is 0 Å². The molecule has 1 aromatic heterocycles. The Morgan fingerprint density at radius 2 is 0.869 bits per heavy atom. The van der Waals surface area contributed by atoms with Crippen LogP contribution in [0.4, 0.5) is 17.1 Å². The van der Waals surface area contributed by atoms with Gasteiger partial charge < -0.3 is 9.32 Å². The van der Waals surface area contributed by atoms with Crippen LogP contribution >= 0.6 is 0 Å². The maximum atomic E-state index is 7.16. The van der Waals surface area contributed by atoms with E-state index in [0.29, 0.717) is 0 Å². The Morgan fingerprint density at radius 3 is 1.64 bits per heavy atom. The zero-order valence-electron chi connectivity index (χ0n) is 33.9. The van der Waals surface area contributed by atoms with Gasteiger partial charge in [0.15, 0.2) is 0 Å². The second-order valence-corrected chi connectivity index (χ2v) is 17.2. The van der Waals surface area contributed by atoms with Crippen LogP contribution in [-0.4, -0.2) is 0 Å². The topological polar surface area (TPSA) is 16.4 Å². The molecule has 0 radical (unpaired) electrons. The van der Waals surface area contributed by atoms with Crippen molar-refractivity contribution in [2.75, 3.05) is 4.90 Å². The second kappa shape index (κ2) is 12.7. The minimum absolute atomic E-state index is 0.144. The molecular formula is C59H39NO. The highest BCUT2D eigenvalue weighted by Gasteiger charge is 2.36. The lowest BCUT2D eigenvalue weighted by atomic mass is 9.82. The maximum absolute atomic E-state index is 7.16. The van der Waals surface area contributed by atoms with Crippen molar-refractivity contribution in [3.8, 4) is 22.3 Å². The van der Waals surface area contributed by atoms with Crippen molar-refractivity contribution in [1.82, 2.24) is 0 Å². The van der Waals surface area contributed by atoms with Crippen molar-refractivity contribution in [2.24, 2.45) is 0 Å². The molecule has 0 saturated heterocycles. The summed E-state index contributed by atoms with van der Waals surface area (Å²) in [7, 11) is 0. The predicted octanol–water partition coefficient (Wildman–Crippen LogP) is 16.8. The van der Waals surface area contributed by atoms with E-state index in [0.717, 1.165) is 44.6 Å². The molecule has 0 atom stereocenters. The Hall–Kier alpha value is -7.68. The van der Waals surface area contributed by atoms with Crippen molar-refractivity contribution in [1.29, 1.82) is 0 Å². The number of furan rings is 1. The van der Waals surface area contributed by atoms with Crippen molar-refractivity contribution in [3.63, 3.8) is 0 Å². The van der Waals surface area contributed by atoms with Crippen LogP contribution in [0.3, 0.4) is 0 Å². The molecule has 286 valence electrons. The number of benzene rings is 11. The summed E-state index contributed by atoms with van der Waals surface area (Å²) < 4.78 is 7.16. The fourth-order valence-electron chi connectivity index (χ4n) is 10.7. The molecule has 11 aromatic carbocycles. The van der Waals surface area contributed by atoms with Gasteiger partial charge in [-0.2, -0.15) is 0 Å². The molecule has 13 rings (SSSR count). The fourth-order valence-corrected chi connectivity index (χ4v) is 10.7. The predicted molar refractivity (Wildman–Crippen MR) is 259 cm³/mol. The molecular weight excluding hydrogens is 739 g/mol. The highest BCUT2D eigenvalue weighted by molar-refractivity contribution is 6.26. The average Bonchev–Trinajstić information content (AvgIpc) is 3.78. The number of hydrogen-bond donors (Lipinski definition) is 0. The van der Waals surface area contributed by atoms with Crippen LogP contribution in [0.5, 0.6) is 0 Å². The third kappa shape index (κ3) is 4.91. The summed E-state index contributed by atoms with van der Waals surface area (Å²) in [6.45, 7) is 4.72. The summed E-state index contributed by atoms with van der Waals surface area (Å²) in [6, 6.07) is 73.7. The van der Waals surface area contributed by atoms with Crippen LogP contribution in [0.2, 0.25) is 0 Å². The third-order valence-corrected chi connectivity index (χ3v) is 13.6. The maximum Gasteiger partial charge on any atom is 0.143 e. The molecule has 0 bridgehead atoms. The average molecular weight is 778 g/mol. The van der Waals surface area contributed by atoms with E-state index in [1.807, 2.05) is 0 Å². The number of anilines is 3. The first kappa shape index (κ1) is 34.2. The van der Waals surface area contributed by atoms with Gasteiger partial charge in [0.2, 0.25) is 0 Å². The van der Waals surface area contributed by atoms with Crippen LogP contribution in [0.1, 0.15) is 25.0 Å². The summed E-state index contributed by atoms with van der Waals surface area (Å²) in [4.78, 5) is 2.43. The largest absolute Gasteiger partial charge is 0.455 e.